The summed E-state index contributed by atoms with van der Waals surface area (Å²) in [7, 11) is 0. The van der Waals surface area contributed by atoms with Crippen LogP contribution in [0.5, 0.6) is 0 Å². The molecule has 0 saturated carbocycles. The van der Waals surface area contributed by atoms with Crippen molar-refractivity contribution in [3.63, 3.8) is 0 Å². The molecule has 0 N–H and O–H groups in total. The molecule has 0 amide bonds. The van der Waals surface area contributed by atoms with Crippen molar-refractivity contribution in [3.05, 3.63) is 0 Å². The van der Waals surface area contributed by atoms with Crippen molar-refractivity contribution in [1.82, 2.24) is 0 Å². The normalized spacial score (nSPS) is 19.2. The predicted octanol–water partition coefficient (Wildman–Crippen LogP) is 18.4. The minimum absolute atomic E-state index is 0.824. The van der Waals surface area contributed by atoms with Gasteiger partial charge in [-0.1, -0.05) is 194 Å². The van der Waals surface area contributed by atoms with E-state index in [9.17, 15) is 0 Å². The van der Waals surface area contributed by atoms with E-state index in [1.807, 2.05) is 0 Å². The molecule has 0 heteroatoms. The maximum absolute atomic E-state index is 2.41. The molecule has 12 atom stereocenters. The molecule has 0 aromatic heterocycles. The van der Waals surface area contributed by atoms with E-state index in [-0.39, 0.29) is 0 Å². The molecule has 0 aliphatic heterocycles. The Morgan fingerprint density at radius 3 is 0.365 bits per heavy atom. The van der Waals surface area contributed by atoms with Gasteiger partial charge in [-0.25, -0.2) is 0 Å². The largest absolute Gasteiger partial charge is 0.0628 e. The molecule has 0 aromatic rings. The monoisotopic (exact) mass is 737 g/mol. The van der Waals surface area contributed by atoms with Gasteiger partial charge in [-0.15, -0.1) is 0 Å². The standard InChI is InChI=1S/4C13H28/c4*1-9(2)8-11(5)13(7)12(6)10(3)4/h4*9-13H,8H2,1-7H3. The Bertz CT molecular complexity index is 624. The molecule has 0 rings (SSSR count). The number of hydrogen-bond donors (Lipinski definition) is 0. The predicted molar refractivity (Wildman–Crippen MR) is 247 cm³/mol. The minimum atomic E-state index is 0.824. The summed E-state index contributed by atoms with van der Waals surface area (Å²) >= 11 is 0. The van der Waals surface area contributed by atoms with Gasteiger partial charge in [0.15, 0.2) is 0 Å². The lowest BCUT2D eigenvalue weighted by Crippen LogP contribution is -2.21. The molecule has 12 unspecified atom stereocenters. The van der Waals surface area contributed by atoms with Crippen LogP contribution in [0.25, 0.3) is 0 Å². The van der Waals surface area contributed by atoms with Gasteiger partial charge < -0.3 is 0 Å². The lowest BCUT2D eigenvalue weighted by Gasteiger charge is -2.29. The first-order valence-electron chi connectivity index (χ1n) is 23.4. The third-order valence-corrected chi connectivity index (χ3v) is 14.5. The molecule has 320 valence electrons. The van der Waals surface area contributed by atoms with Gasteiger partial charge in [-0.3, -0.25) is 0 Å². The third kappa shape index (κ3) is 29.3. The fraction of sp³-hybridized carbons (Fsp3) is 1.00. The zero-order chi connectivity index (χ0) is 42.4. The van der Waals surface area contributed by atoms with E-state index in [0.29, 0.717) is 0 Å². The first-order valence-corrected chi connectivity index (χ1v) is 23.4. The van der Waals surface area contributed by atoms with E-state index in [4.69, 9.17) is 0 Å². The van der Waals surface area contributed by atoms with Crippen LogP contribution in [-0.2, 0) is 0 Å². The maximum atomic E-state index is 2.41. The summed E-state index contributed by atoms with van der Waals surface area (Å²) in [5, 5.41) is 0. The van der Waals surface area contributed by atoms with Gasteiger partial charge in [-0.2, -0.15) is 0 Å². The van der Waals surface area contributed by atoms with Gasteiger partial charge in [0.1, 0.15) is 0 Å². The van der Waals surface area contributed by atoms with Crippen molar-refractivity contribution in [1.29, 1.82) is 0 Å². The van der Waals surface area contributed by atoms with Crippen LogP contribution in [-0.4, -0.2) is 0 Å². The molecule has 0 nitrogen and oxygen atoms in total. The van der Waals surface area contributed by atoms with Crippen LogP contribution in [0.1, 0.15) is 220 Å². The van der Waals surface area contributed by atoms with Crippen LogP contribution in [0.2, 0.25) is 0 Å². The SMILES string of the molecule is CC(C)CC(C)C(C)C(C)C(C)C.CC(C)CC(C)C(C)C(C)C(C)C.CC(C)CC(C)C(C)C(C)C(C)C.CC(C)CC(C)C(C)C(C)C(C)C. The molecule has 52 heavy (non-hydrogen) atoms. The van der Waals surface area contributed by atoms with E-state index in [2.05, 4.69) is 194 Å². The van der Waals surface area contributed by atoms with E-state index in [0.717, 1.165) is 118 Å². The molecule has 0 aliphatic carbocycles. The van der Waals surface area contributed by atoms with Crippen LogP contribution in [0.4, 0.5) is 0 Å². The minimum Gasteiger partial charge on any atom is -0.0628 e. The Morgan fingerprint density at radius 1 is 0.173 bits per heavy atom. The summed E-state index contributed by atoms with van der Waals surface area (Å²) in [6.07, 6.45) is 5.49. The number of rotatable bonds is 20. The first-order chi connectivity index (χ1) is 23.4. The zero-order valence-electron chi connectivity index (χ0n) is 42.4. The summed E-state index contributed by atoms with van der Waals surface area (Å²) in [6, 6.07) is 0. The Kier molecular flexibility index (Phi) is 35.1. The topological polar surface area (TPSA) is 0 Å². The average Bonchev–Trinajstić information content (AvgIpc) is 3.00. The van der Waals surface area contributed by atoms with Gasteiger partial charge in [0.2, 0.25) is 0 Å². The summed E-state index contributed by atoms with van der Waals surface area (Å²) in [4.78, 5) is 0. The van der Waals surface area contributed by atoms with Crippen molar-refractivity contribution in [2.24, 2.45) is 118 Å². The molecule has 0 fully saturated rings. The summed E-state index contributed by atoms with van der Waals surface area (Å²) in [6.45, 7) is 66.1. The van der Waals surface area contributed by atoms with Gasteiger partial charge in [-0.05, 0) is 144 Å². The van der Waals surface area contributed by atoms with Crippen LogP contribution in [0, 0.1) is 118 Å². The quantitative estimate of drug-likeness (QED) is 0.117. The highest BCUT2D eigenvalue weighted by atomic mass is 14.3. The van der Waals surface area contributed by atoms with Crippen molar-refractivity contribution >= 4 is 0 Å². The third-order valence-electron chi connectivity index (χ3n) is 14.5. The highest BCUT2D eigenvalue weighted by Gasteiger charge is 2.24. The second-order valence-electron chi connectivity index (χ2n) is 22.3. The van der Waals surface area contributed by atoms with Crippen molar-refractivity contribution < 1.29 is 0 Å². The van der Waals surface area contributed by atoms with Crippen LogP contribution in [0.3, 0.4) is 0 Å². The molecule has 0 heterocycles. The van der Waals surface area contributed by atoms with Crippen LogP contribution in [0.15, 0.2) is 0 Å². The van der Waals surface area contributed by atoms with Crippen molar-refractivity contribution in [2.45, 2.75) is 220 Å². The molecule has 0 bridgehead atoms. The highest BCUT2D eigenvalue weighted by Crippen LogP contribution is 2.33. The Hall–Kier alpha value is 0. The van der Waals surface area contributed by atoms with Gasteiger partial charge >= 0.3 is 0 Å². The maximum Gasteiger partial charge on any atom is -0.0389 e. The van der Waals surface area contributed by atoms with E-state index >= 15 is 0 Å². The molecule has 0 aliphatic rings. The van der Waals surface area contributed by atoms with Gasteiger partial charge in [0.05, 0.1) is 0 Å². The summed E-state index contributed by atoms with van der Waals surface area (Å²) in [5.74, 6) is 17.0. The Morgan fingerprint density at radius 2 is 0.288 bits per heavy atom. The lowest BCUT2D eigenvalue weighted by molar-refractivity contribution is 0.201. The van der Waals surface area contributed by atoms with E-state index in [1.54, 1.807) is 0 Å². The molecular weight excluding hydrogens is 625 g/mol. The molecule has 0 aromatic carbocycles. The van der Waals surface area contributed by atoms with Crippen molar-refractivity contribution in [2.75, 3.05) is 0 Å². The Labute approximate surface area is 336 Å². The molecular formula is C52H112. The van der Waals surface area contributed by atoms with Gasteiger partial charge in [0, 0.05) is 0 Å². The molecule has 0 saturated heterocycles. The van der Waals surface area contributed by atoms with E-state index in [1.165, 1.54) is 25.7 Å². The smallest absolute Gasteiger partial charge is 0.0389 e. The van der Waals surface area contributed by atoms with E-state index < -0.39 is 0 Å². The fourth-order valence-electron chi connectivity index (χ4n) is 8.33. The van der Waals surface area contributed by atoms with Crippen molar-refractivity contribution in [3.8, 4) is 0 Å². The second-order valence-corrected chi connectivity index (χ2v) is 22.3. The van der Waals surface area contributed by atoms with Gasteiger partial charge in [0.25, 0.3) is 0 Å². The fourth-order valence-corrected chi connectivity index (χ4v) is 8.33. The molecule has 0 radical (unpaired) electrons. The Balaban J connectivity index is -0.000000295. The summed E-state index contributed by atoms with van der Waals surface area (Å²) < 4.78 is 0. The van der Waals surface area contributed by atoms with Crippen LogP contribution >= 0.6 is 0 Å². The zero-order valence-corrected chi connectivity index (χ0v) is 42.4. The first kappa shape index (κ1) is 58.7. The van der Waals surface area contributed by atoms with Crippen LogP contribution < -0.4 is 0 Å². The molecule has 0 spiro atoms. The lowest BCUT2D eigenvalue weighted by atomic mass is 9.76. The average molecular weight is 737 g/mol. The summed E-state index contributed by atoms with van der Waals surface area (Å²) in [5.41, 5.74) is 0. The number of hydrogen-bond acceptors (Lipinski definition) is 0. The highest BCUT2D eigenvalue weighted by molar-refractivity contribution is 4.74. The second kappa shape index (κ2) is 31.1.